The summed E-state index contributed by atoms with van der Waals surface area (Å²) < 4.78 is 39.6. The number of hydrogen-bond donors (Lipinski definition) is 0. The first-order valence-electron chi connectivity index (χ1n) is 10.0. The molecular formula is C19H29ClN4O5S. The fourth-order valence-electron chi connectivity index (χ4n) is 3.61. The number of amides is 1. The van der Waals surface area contributed by atoms with E-state index in [1.165, 1.54) is 15.7 Å². The molecule has 1 aromatic rings. The van der Waals surface area contributed by atoms with Crippen LogP contribution in [0.15, 0.2) is 12.1 Å². The summed E-state index contributed by atoms with van der Waals surface area (Å²) in [5, 5.41) is 0.302. The molecule has 9 nitrogen and oxygen atoms in total. The maximum atomic E-state index is 13.0. The van der Waals surface area contributed by atoms with Crippen molar-refractivity contribution in [1.29, 1.82) is 0 Å². The molecule has 168 valence electrons. The van der Waals surface area contributed by atoms with E-state index < -0.39 is 10.2 Å². The van der Waals surface area contributed by atoms with Gasteiger partial charge in [-0.25, -0.2) is 0 Å². The summed E-state index contributed by atoms with van der Waals surface area (Å²) in [4.78, 5) is 16.7. The Morgan fingerprint density at radius 2 is 1.60 bits per heavy atom. The van der Waals surface area contributed by atoms with Gasteiger partial charge in [0.1, 0.15) is 0 Å². The highest BCUT2D eigenvalue weighted by Gasteiger charge is 2.35. The highest BCUT2D eigenvalue weighted by atomic mass is 35.5. The number of carbonyl (C=O) groups is 1. The van der Waals surface area contributed by atoms with Crippen LogP contribution in [0.3, 0.4) is 0 Å². The van der Waals surface area contributed by atoms with Crippen molar-refractivity contribution in [3.63, 3.8) is 0 Å². The largest absolute Gasteiger partial charge is 0.493 e. The lowest BCUT2D eigenvalue weighted by Gasteiger charge is -2.39. The van der Waals surface area contributed by atoms with Crippen molar-refractivity contribution in [2.45, 2.75) is 6.92 Å². The molecule has 3 rings (SSSR count). The van der Waals surface area contributed by atoms with Gasteiger partial charge in [0.2, 0.25) is 0 Å². The molecule has 0 bridgehead atoms. The molecule has 0 radical (unpaired) electrons. The first kappa shape index (κ1) is 23.1. The Morgan fingerprint density at radius 1 is 1.03 bits per heavy atom. The Bertz CT molecular complexity index is 866. The standard InChI is InChI=1S/C19H29ClN4O5S/c1-4-29-18-16(20)13-15(14-17(18)28-3)19(25)22-7-11-24(12-8-22)30(26,27)23-9-5-21(2)6-10-23/h13-14H,4-12H2,1-3H3. The molecule has 2 heterocycles. The van der Waals surface area contributed by atoms with Crippen molar-refractivity contribution in [2.24, 2.45) is 0 Å². The van der Waals surface area contributed by atoms with Gasteiger partial charge in [0.25, 0.3) is 16.1 Å². The van der Waals surface area contributed by atoms with Gasteiger partial charge in [0, 0.05) is 57.9 Å². The molecule has 11 heteroatoms. The molecule has 0 atom stereocenters. The number of rotatable bonds is 6. The number of nitrogens with zero attached hydrogens (tertiary/aromatic N) is 4. The number of methoxy groups -OCH3 is 1. The van der Waals surface area contributed by atoms with Crippen LogP contribution in [-0.2, 0) is 10.2 Å². The Kier molecular flexibility index (Phi) is 7.46. The number of likely N-dealkylation sites (N-methyl/N-ethyl adjacent to an activating group) is 1. The van der Waals surface area contributed by atoms with Crippen molar-refractivity contribution >= 4 is 27.7 Å². The van der Waals surface area contributed by atoms with Gasteiger partial charge in [-0.05, 0) is 26.1 Å². The fraction of sp³-hybridized carbons (Fsp3) is 0.632. The molecule has 1 aromatic carbocycles. The lowest BCUT2D eigenvalue weighted by atomic mass is 10.1. The molecule has 1 amide bonds. The third kappa shape index (κ3) is 4.83. The Balaban J connectivity index is 1.66. The van der Waals surface area contributed by atoms with E-state index in [9.17, 15) is 13.2 Å². The molecule has 2 saturated heterocycles. The van der Waals surface area contributed by atoms with E-state index >= 15 is 0 Å². The zero-order valence-corrected chi connectivity index (χ0v) is 19.2. The molecule has 2 aliphatic heterocycles. The van der Waals surface area contributed by atoms with Crippen LogP contribution in [0.5, 0.6) is 11.5 Å². The van der Waals surface area contributed by atoms with Gasteiger partial charge in [-0.1, -0.05) is 11.6 Å². The smallest absolute Gasteiger partial charge is 0.282 e. The van der Waals surface area contributed by atoms with E-state index in [2.05, 4.69) is 4.90 Å². The summed E-state index contributed by atoms with van der Waals surface area (Å²) >= 11 is 6.28. The fourth-order valence-corrected chi connectivity index (χ4v) is 5.46. The third-order valence-electron chi connectivity index (χ3n) is 5.41. The van der Waals surface area contributed by atoms with E-state index in [0.717, 1.165) is 13.1 Å². The van der Waals surface area contributed by atoms with E-state index in [0.29, 0.717) is 54.9 Å². The lowest BCUT2D eigenvalue weighted by molar-refractivity contribution is 0.0691. The highest BCUT2D eigenvalue weighted by Crippen LogP contribution is 2.36. The van der Waals surface area contributed by atoms with Crippen molar-refractivity contribution in [3.8, 4) is 11.5 Å². The molecule has 0 N–H and O–H groups in total. The zero-order valence-electron chi connectivity index (χ0n) is 17.6. The van der Waals surface area contributed by atoms with E-state index in [1.54, 1.807) is 17.0 Å². The topological polar surface area (TPSA) is 82.6 Å². The molecule has 0 unspecified atom stereocenters. The monoisotopic (exact) mass is 460 g/mol. The Hall–Kier alpha value is -1.59. The van der Waals surface area contributed by atoms with Gasteiger partial charge in [0.15, 0.2) is 11.5 Å². The van der Waals surface area contributed by atoms with Crippen molar-refractivity contribution < 1.29 is 22.7 Å². The number of hydrogen-bond acceptors (Lipinski definition) is 6. The summed E-state index contributed by atoms with van der Waals surface area (Å²) in [6.45, 7) is 5.85. The maximum absolute atomic E-state index is 13.0. The van der Waals surface area contributed by atoms with Crippen molar-refractivity contribution in [2.75, 3.05) is 73.1 Å². The minimum absolute atomic E-state index is 0.213. The molecular weight excluding hydrogens is 432 g/mol. The van der Waals surface area contributed by atoms with Gasteiger partial charge < -0.3 is 19.3 Å². The minimum Gasteiger partial charge on any atom is -0.493 e. The van der Waals surface area contributed by atoms with E-state index in [4.69, 9.17) is 21.1 Å². The predicted octanol–water partition coefficient (Wildman–Crippen LogP) is 0.997. The van der Waals surface area contributed by atoms with E-state index in [1.807, 2.05) is 14.0 Å². The molecule has 2 fully saturated rings. The van der Waals surface area contributed by atoms with Crippen LogP contribution >= 0.6 is 11.6 Å². The number of halogens is 1. The van der Waals surface area contributed by atoms with Crippen LogP contribution in [0.2, 0.25) is 5.02 Å². The molecule has 2 aliphatic rings. The van der Waals surface area contributed by atoms with Crippen LogP contribution in [0, 0.1) is 0 Å². The first-order valence-corrected chi connectivity index (χ1v) is 11.8. The molecule has 0 aliphatic carbocycles. The second-order valence-corrected chi connectivity index (χ2v) is 9.66. The second kappa shape index (κ2) is 9.69. The number of carbonyl (C=O) groups excluding carboxylic acids is 1. The highest BCUT2D eigenvalue weighted by molar-refractivity contribution is 7.86. The van der Waals surface area contributed by atoms with Gasteiger partial charge in [-0.3, -0.25) is 4.79 Å². The number of benzene rings is 1. The number of ether oxygens (including phenoxy) is 2. The van der Waals surface area contributed by atoms with Crippen LogP contribution < -0.4 is 9.47 Å². The summed E-state index contributed by atoms with van der Waals surface area (Å²) in [5.41, 5.74) is 0.385. The zero-order chi connectivity index (χ0) is 21.9. The summed E-state index contributed by atoms with van der Waals surface area (Å²) in [6.07, 6.45) is 0. The molecule has 0 spiro atoms. The van der Waals surface area contributed by atoms with Crippen LogP contribution in [-0.4, -0.2) is 106 Å². The van der Waals surface area contributed by atoms with Crippen LogP contribution in [0.25, 0.3) is 0 Å². The molecule has 0 saturated carbocycles. The van der Waals surface area contributed by atoms with Crippen LogP contribution in [0.1, 0.15) is 17.3 Å². The lowest BCUT2D eigenvalue weighted by Crippen LogP contribution is -2.57. The third-order valence-corrected chi connectivity index (χ3v) is 7.72. The van der Waals surface area contributed by atoms with Gasteiger partial charge >= 0.3 is 0 Å². The summed E-state index contributed by atoms with van der Waals surface area (Å²) in [7, 11) is -0.0341. The van der Waals surface area contributed by atoms with Crippen molar-refractivity contribution in [1.82, 2.24) is 18.4 Å². The average molecular weight is 461 g/mol. The van der Waals surface area contributed by atoms with Crippen molar-refractivity contribution in [3.05, 3.63) is 22.7 Å². The second-order valence-electron chi connectivity index (χ2n) is 7.32. The summed E-state index contributed by atoms with van der Waals surface area (Å²) in [5.74, 6) is 0.583. The van der Waals surface area contributed by atoms with Gasteiger partial charge in [-0.15, -0.1) is 0 Å². The average Bonchev–Trinajstić information content (AvgIpc) is 2.75. The predicted molar refractivity (Wildman–Crippen MR) is 115 cm³/mol. The van der Waals surface area contributed by atoms with Crippen LogP contribution in [0.4, 0.5) is 0 Å². The first-order chi connectivity index (χ1) is 14.3. The molecule has 30 heavy (non-hydrogen) atoms. The van der Waals surface area contributed by atoms with Gasteiger partial charge in [-0.2, -0.15) is 17.0 Å². The maximum Gasteiger partial charge on any atom is 0.282 e. The Morgan fingerprint density at radius 3 is 2.13 bits per heavy atom. The Labute approximate surface area is 183 Å². The minimum atomic E-state index is -3.51. The van der Waals surface area contributed by atoms with Gasteiger partial charge in [0.05, 0.1) is 18.7 Å². The quantitative estimate of drug-likeness (QED) is 0.629. The molecule has 0 aromatic heterocycles. The number of piperazine rings is 2. The summed E-state index contributed by atoms with van der Waals surface area (Å²) in [6, 6.07) is 3.16. The SMILES string of the molecule is CCOc1c(Cl)cc(C(=O)N2CCN(S(=O)(=O)N3CCN(C)CC3)CC2)cc1OC. The normalized spacial score (nSPS) is 19.7. The van der Waals surface area contributed by atoms with E-state index in [-0.39, 0.29) is 19.0 Å².